The second-order valence-electron chi connectivity index (χ2n) is 10.1. The van der Waals surface area contributed by atoms with E-state index in [0.29, 0.717) is 6.61 Å². The topological polar surface area (TPSA) is 92.9 Å². The summed E-state index contributed by atoms with van der Waals surface area (Å²) < 4.78 is 5.16. The highest BCUT2D eigenvalue weighted by Crippen LogP contribution is 2.13. The van der Waals surface area contributed by atoms with Crippen molar-refractivity contribution >= 4 is 11.9 Å². The Morgan fingerprint density at radius 1 is 0.788 bits per heavy atom. The van der Waals surface area contributed by atoms with E-state index in [4.69, 9.17) is 15.6 Å². The van der Waals surface area contributed by atoms with Crippen LogP contribution in [-0.4, -0.2) is 54.2 Å². The molecule has 0 saturated carbocycles. The van der Waals surface area contributed by atoms with Crippen molar-refractivity contribution in [3.8, 4) is 0 Å². The molecule has 0 amide bonds. The van der Waals surface area contributed by atoms with Gasteiger partial charge in [-0.05, 0) is 41.3 Å². The molecule has 0 rings (SSSR count). The summed E-state index contributed by atoms with van der Waals surface area (Å²) in [6.07, 6.45) is 21.6. The van der Waals surface area contributed by atoms with Crippen molar-refractivity contribution in [1.82, 2.24) is 4.90 Å². The number of unbranched alkanes of at least 4 members (excludes halogenated alkanes) is 15. The number of hydrogen-bond acceptors (Lipinski definition) is 5. The average molecular weight is 473 g/mol. The predicted octanol–water partition coefficient (Wildman–Crippen LogP) is 6.55. The van der Waals surface area contributed by atoms with Crippen molar-refractivity contribution in [2.75, 3.05) is 20.7 Å². The number of rotatable bonds is 20. The summed E-state index contributed by atoms with van der Waals surface area (Å²) >= 11 is 0. The molecule has 6 nitrogen and oxygen atoms in total. The number of nitrogens with zero attached hydrogens (tertiary/aromatic N) is 1. The van der Waals surface area contributed by atoms with Crippen molar-refractivity contribution < 1.29 is 19.4 Å². The zero-order chi connectivity index (χ0) is 25.5. The maximum atomic E-state index is 11.5. The Hall–Kier alpha value is -1.14. The van der Waals surface area contributed by atoms with Gasteiger partial charge in [-0.1, -0.05) is 103 Å². The smallest absolute Gasteiger partial charge is 0.325 e. The molecule has 0 fully saturated rings. The molecule has 33 heavy (non-hydrogen) atoms. The van der Waals surface area contributed by atoms with Gasteiger partial charge in [-0.25, -0.2) is 0 Å². The Morgan fingerprint density at radius 3 is 1.36 bits per heavy atom. The minimum Gasteiger partial charge on any atom is -0.480 e. The molecule has 0 aromatic rings. The van der Waals surface area contributed by atoms with Crippen LogP contribution in [0.2, 0.25) is 0 Å². The number of carbonyl (C=O) groups is 2. The van der Waals surface area contributed by atoms with Gasteiger partial charge in [-0.3, -0.25) is 14.5 Å². The summed E-state index contributed by atoms with van der Waals surface area (Å²) in [5.41, 5.74) is 4.81. The van der Waals surface area contributed by atoms with E-state index < -0.39 is 11.5 Å². The first kappa shape index (κ1) is 34.0. The average Bonchev–Trinajstić information content (AvgIpc) is 2.74. The molecule has 0 heterocycles. The van der Waals surface area contributed by atoms with E-state index in [1.54, 1.807) is 39.8 Å². The zero-order valence-corrected chi connectivity index (χ0v) is 22.8. The van der Waals surface area contributed by atoms with Crippen molar-refractivity contribution in [1.29, 1.82) is 0 Å². The minimum absolute atomic E-state index is 0.298. The van der Waals surface area contributed by atoms with Crippen LogP contribution in [0.4, 0.5) is 0 Å². The lowest BCUT2D eigenvalue weighted by atomic mass is 10.0. The van der Waals surface area contributed by atoms with Gasteiger partial charge in [0.1, 0.15) is 11.6 Å². The summed E-state index contributed by atoms with van der Waals surface area (Å²) in [7, 11) is 3.47. The molecule has 198 valence electrons. The molecule has 0 aliphatic carbocycles. The Bertz CT molecular complexity index is 462. The Balaban J connectivity index is 0. The summed E-state index contributed by atoms with van der Waals surface area (Å²) in [6, 6.07) is -0.380. The molecule has 0 aromatic carbocycles. The van der Waals surface area contributed by atoms with Gasteiger partial charge in [0, 0.05) is 0 Å². The van der Waals surface area contributed by atoms with Crippen LogP contribution in [0.3, 0.4) is 0 Å². The molecule has 6 heteroatoms. The highest BCUT2D eigenvalue weighted by Gasteiger charge is 2.23. The molecule has 3 N–H and O–H groups in total. The Labute approximate surface area is 205 Å². The number of ether oxygens (including phenoxy) is 1. The normalized spacial score (nSPS) is 12.2. The Morgan fingerprint density at radius 2 is 1.12 bits per heavy atom. The van der Waals surface area contributed by atoms with E-state index in [1.165, 1.54) is 89.9 Å². The monoisotopic (exact) mass is 472 g/mol. The maximum Gasteiger partial charge on any atom is 0.325 e. The summed E-state index contributed by atoms with van der Waals surface area (Å²) in [4.78, 5) is 23.2. The standard InChI is InChI=1S/C22H45NO2.C5H11NO2/c1-4-5-6-7-8-9-10-11-12-13-14-15-16-17-18-19-20-25-21(24)22(2,3)23;1-4(5(7)8)6(2)3/h4-20,23H2,1-3H3;4H,1-3H3,(H,7,8). The molecule has 1 unspecified atom stereocenters. The van der Waals surface area contributed by atoms with Gasteiger partial charge in [0.15, 0.2) is 0 Å². The van der Waals surface area contributed by atoms with E-state index in [2.05, 4.69) is 6.92 Å². The van der Waals surface area contributed by atoms with E-state index >= 15 is 0 Å². The van der Waals surface area contributed by atoms with E-state index in [1.807, 2.05) is 0 Å². The Kier molecular flexibility index (Phi) is 23.3. The second-order valence-corrected chi connectivity index (χ2v) is 10.1. The first-order chi connectivity index (χ1) is 15.5. The van der Waals surface area contributed by atoms with Crippen LogP contribution in [0.1, 0.15) is 130 Å². The molecular weight excluding hydrogens is 416 g/mol. The lowest BCUT2D eigenvalue weighted by molar-refractivity contribution is -0.149. The number of esters is 1. The highest BCUT2D eigenvalue weighted by molar-refractivity contribution is 5.79. The zero-order valence-electron chi connectivity index (χ0n) is 22.8. The second kappa shape index (κ2) is 22.6. The number of carboxylic acid groups (broad SMARTS) is 1. The van der Waals surface area contributed by atoms with Gasteiger partial charge >= 0.3 is 11.9 Å². The van der Waals surface area contributed by atoms with E-state index in [-0.39, 0.29) is 12.0 Å². The number of carboxylic acids is 1. The number of carbonyl (C=O) groups excluding carboxylic acids is 1. The third kappa shape index (κ3) is 25.3. The first-order valence-electron chi connectivity index (χ1n) is 13.4. The third-order valence-electron chi connectivity index (χ3n) is 5.89. The van der Waals surface area contributed by atoms with Crippen molar-refractivity contribution in [2.24, 2.45) is 5.73 Å². The fourth-order valence-corrected chi connectivity index (χ4v) is 3.22. The van der Waals surface area contributed by atoms with Crippen LogP contribution in [0.15, 0.2) is 0 Å². The van der Waals surface area contributed by atoms with E-state index in [0.717, 1.165) is 12.8 Å². The first-order valence-corrected chi connectivity index (χ1v) is 13.4. The van der Waals surface area contributed by atoms with Gasteiger partial charge in [0.2, 0.25) is 0 Å². The molecule has 0 bridgehead atoms. The lowest BCUT2D eigenvalue weighted by Crippen LogP contribution is -2.42. The van der Waals surface area contributed by atoms with Crippen LogP contribution in [0.25, 0.3) is 0 Å². The van der Waals surface area contributed by atoms with Gasteiger partial charge in [0.25, 0.3) is 0 Å². The summed E-state index contributed by atoms with van der Waals surface area (Å²) in [6.45, 7) is 7.80. The van der Waals surface area contributed by atoms with Crippen molar-refractivity contribution in [3.05, 3.63) is 0 Å². The predicted molar refractivity (Wildman–Crippen MR) is 140 cm³/mol. The largest absolute Gasteiger partial charge is 0.480 e. The fourth-order valence-electron chi connectivity index (χ4n) is 3.22. The third-order valence-corrected chi connectivity index (χ3v) is 5.89. The number of likely N-dealkylation sites (N-methyl/N-ethyl adjacent to an activating group) is 1. The summed E-state index contributed by atoms with van der Waals surface area (Å²) in [5, 5.41) is 8.31. The highest BCUT2D eigenvalue weighted by atomic mass is 16.5. The lowest BCUT2D eigenvalue weighted by Gasteiger charge is -2.16. The SMILES string of the molecule is CC(C(=O)O)N(C)C.CCCCCCCCCCCCCCCCCCOC(=O)C(C)(C)N. The van der Waals surface area contributed by atoms with Gasteiger partial charge in [-0.15, -0.1) is 0 Å². The summed E-state index contributed by atoms with van der Waals surface area (Å²) in [5.74, 6) is -1.08. The molecule has 0 spiro atoms. The molecule has 0 saturated heterocycles. The number of hydrogen-bond donors (Lipinski definition) is 2. The van der Waals surface area contributed by atoms with Gasteiger partial charge in [0.05, 0.1) is 6.61 Å². The molecule has 0 radical (unpaired) electrons. The van der Waals surface area contributed by atoms with E-state index in [9.17, 15) is 9.59 Å². The van der Waals surface area contributed by atoms with Crippen molar-refractivity contribution in [2.45, 2.75) is 142 Å². The molecule has 1 atom stereocenters. The molecule has 0 aliphatic rings. The van der Waals surface area contributed by atoms with Gasteiger partial charge < -0.3 is 15.6 Å². The number of nitrogens with two attached hydrogens (primary N) is 1. The maximum absolute atomic E-state index is 11.5. The fraction of sp³-hybridized carbons (Fsp3) is 0.926. The molecule has 0 aromatic heterocycles. The number of aliphatic carboxylic acids is 1. The van der Waals surface area contributed by atoms with Crippen LogP contribution < -0.4 is 5.73 Å². The molecule has 0 aliphatic heterocycles. The van der Waals surface area contributed by atoms with Crippen LogP contribution in [-0.2, 0) is 14.3 Å². The van der Waals surface area contributed by atoms with Gasteiger partial charge in [-0.2, -0.15) is 0 Å². The quantitative estimate of drug-likeness (QED) is 0.154. The molecular formula is C27H56N2O4. The van der Waals surface area contributed by atoms with Crippen LogP contribution in [0, 0.1) is 0 Å². The minimum atomic E-state index is -0.866. The van der Waals surface area contributed by atoms with Crippen LogP contribution >= 0.6 is 0 Å². The van der Waals surface area contributed by atoms with Crippen LogP contribution in [0.5, 0.6) is 0 Å². The van der Waals surface area contributed by atoms with Crippen molar-refractivity contribution in [3.63, 3.8) is 0 Å².